The number of piperidine rings is 1. The molecule has 140 valence electrons. The Morgan fingerprint density at radius 1 is 1.20 bits per heavy atom. The lowest BCUT2D eigenvalue weighted by Gasteiger charge is -2.31. The molecular weight excluding hydrogens is 340 g/mol. The largest absolute Gasteiger partial charge is 0.497 e. The predicted octanol–water partition coefficient (Wildman–Crippen LogP) is 2.54. The van der Waals surface area contributed by atoms with Gasteiger partial charge in [0.1, 0.15) is 5.75 Å². The van der Waals surface area contributed by atoms with Gasteiger partial charge in [-0.15, -0.1) is 0 Å². The quantitative estimate of drug-likeness (QED) is 0.716. The van der Waals surface area contributed by atoms with Gasteiger partial charge in [0.15, 0.2) is 0 Å². The van der Waals surface area contributed by atoms with E-state index in [9.17, 15) is 13.2 Å². The van der Waals surface area contributed by atoms with Gasteiger partial charge < -0.3 is 10.1 Å². The van der Waals surface area contributed by atoms with Crippen molar-refractivity contribution in [2.45, 2.75) is 56.4 Å². The number of sulfonamides is 1. The van der Waals surface area contributed by atoms with Crippen LogP contribution in [0.4, 0.5) is 0 Å². The van der Waals surface area contributed by atoms with Gasteiger partial charge in [0, 0.05) is 25.6 Å². The van der Waals surface area contributed by atoms with Crippen LogP contribution in [-0.2, 0) is 14.8 Å². The summed E-state index contributed by atoms with van der Waals surface area (Å²) in [5.41, 5.74) is 0. The van der Waals surface area contributed by atoms with Gasteiger partial charge in [-0.3, -0.25) is 4.79 Å². The fraction of sp³-hybridized carbons (Fsp3) is 0.611. The van der Waals surface area contributed by atoms with Crippen LogP contribution in [0.15, 0.2) is 29.2 Å². The van der Waals surface area contributed by atoms with Crippen LogP contribution >= 0.6 is 0 Å². The average molecular weight is 368 g/mol. The van der Waals surface area contributed by atoms with Crippen LogP contribution in [0.1, 0.15) is 45.4 Å². The van der Waals surface area contributed by atoms with Gasteiger partial charge in [0.05, 0.1) is 12.0 Å². The summed E-state index contributed by atoms with van der Waals surface area (Å²) >= 11 is 0. The van der Waals surface area contributed by atoms with Gasteiger partial charge in [0.2, 0.25) is 15.9 Å². The third-order valence-electron chi connectivity index (χ3n) is 4.52. The van der Waals surface area contributed by atoms with E-state index in [1.807, 2.05) is 0 Å². The zero-order valence-corrected chi connectivity index (χ0v) is 15.8. The van der Waals surface area contributed by atoms with Crippen LogP contribution in [-0.4, -0.2) is 44.9 Å². The molecule has 0 atom stereocenters. The first-order valence-electron chi connectivity index (χ1n) is 8.91. The highest BCUT2D eigenvalue weighted by Gasteiger charge is 2.29. The second-order valence-corrected chi connectivity index (χ2v) is 8.32. The molecule has 1 aromatic carbocycles. The first-order valence-corrected chi connectivity index (χ1v) is 10.3. The minimum absolute atomic E-state index is 0.0662. The lowest BCUT2D eigenvalue weighted by molar-refractivity contribution is -0.122. The van der Waals surface area contributed by atoms with Gasteiger partial charge in [0.25, 0.3) is 0 Å². The van der Waals surface area contributed by atoms with Crippen LogP contribution in [0.3, 0.4) is 0 Å². The van der Waals surface area contributed by atoms with Crippen molar-refractivity contribution in [3.8, 4) is 5.75 Å². The van der Waals surface area contributed by atoms with Crippen LogP contribution in [0.5, 0.6) is 5.75 Å². The SMILES string of the molecule is CCCCCC(=O)NC1CCN(S(=O)(=O)c2ccc(OC)cc2)CC1. The van der Waals surface area contributed by atoms with E-state index in [2.05, 4.69) is 12.2 Å². The van der Waals surface area contributed by atoms with E-state index in [-0.39, 0.29) is 16.8 Å². The monoisotopic (exact) mass is 368 g/mol. The Morgan fingerprint density at radius 2 is 1.84 bits per heavy atom. The van der Waals surface area contributed by atoms with E-state index < -0.39 is 10.0 Å². The van der Waals surface area contributed by atoms with Crippen molar-refractivity contribution in [1.82, 2.24) is 9.62 Å². The van der Waals surface area contributed by atoms with E-state index in [4.69, 9.17) is 4.74 Å². The minimum Gasteiger partial charge on any atom is -0.497 e. The van der Waals surface area contributed by atoms with E-state index in [0.29, 0.717) is 38.1 Å². The number of methoxy groups -OCH3 is 1. The molecule has 7 heteroatoms. The molecule has 1 amide bonds. The van der Waals surface area contributed by atoms with Crippen LogP contribution in [0.25, 0.3) is 0 Å². The fourth-order valence-corrected chi connectivity index (χ4v) is 4.44. The molecule has 0 unspecified atom stereocenters. The number of nitrogens with one attached hydrogen (secondary N) is 1. The molecule has 1 N–H and O–H groups in total. The molecule has 25 heavy (non-hydrogen) atoms. The van der Waals surface area contributed by atoms with Gasteiger partial charge in [-0.05, 0) is 43.5 Å². The molecule has 0 aliphatic carbocycles. The standard InChI is InChI=1S/C18H28N2O4S/c1-3-4-5-6-18(21)19-15-11-13-20(14-12-15)25(22,23)17-9-7-16(24-2)8-10-17/h7-10,15H,3-6,11-14H2,1-2H3,(H,19,21). The van der Waals surface area contributed by atoms with Gasteiger partial charge in [-0.2, -0.15) is 4.31 Å². The van der Waals surface area contributed by atoms with Crippen molar-refractivity contribution in [3.63, 3.8) is 0 Å². The van der Waals surface area contributed by atoms with Crippen LogP contribution < -0.4 is 10.1 Å². The Bertz CT molecular complexity index is 650. The zero-order chi connectivity index (χ0) is 18.3. The van der Waals surface area contributed by atoms with Gasteiger partial charge in [-0.1, -0.05) is 19.8 Å². The van der Waals surface area contributed by atoms with Crippen molar-refractivity contribution in [2.75, 3.05) is 20.2 Å². The van der Waals surface area contributed by atoms with E-state index in [0.717, 1.165) is 19.3 Å². The lowest BCUT2D eigenvalue weighted by Crippen LogP contribution is -2.46. The third-order valence-corrected chi connectivity index (χ3v) is 6.44. The maximum Gasteiger partial charge on any atom is 0.243 e. The summed E-state index contributed by atoms with van der Waals surface area (Å²) in [6, 6.07) is 6.49. The minimum atomic E-state index is -3.49. The zero-order valence-electron chi connectivity index (χ0n) is 15.0. The highest BCUT2D eigenvalue weighted by atomic mass is 32.2. The van der Waals surface area contributed by atoms with Crippen molar-refractivity contribution < 1.29 is 17.9 Å². The Hall–Kier alpha value is -1.60. The topological polar surface area (TPSA) is 75.7 Å². The molecule has 1 aromatic rings. The number of unbranched alkanes of at least 4 members (excludes halogenated alkanes) is 2. The highest BCUT2D eigenvalue weighted by Crippen LogP contribution is 2.22. The van der Waals surface area contributed by atoms with Gasteiger partial charge in [-0.25, -0.2) is 8.42 Å². The first-order chi connectivity index (χ1) is 12.0. The van der Waals surface area contributed by atoms with Crippen LogP contribution in [0, 0.1) is 0 Å². The summed E-state index contributed by atoms with van der Waals surface area (Å²) in [5.74, 6) is 0.702. The van der Waals surface area contributed by atoms with Crippen molar-refractivity contribution in [3.05, 3.63) is 24.3 Å². The number of nitrogens with zero attached hydrogens (tertiary/aromatic N) is 1. The Labute approximate surface area is 150 Å². The summed E-state index contributed by atoms with van der Waals surface area (Å²) in [7, 11) is -1.94. The molecule has 0 spiro atoms. The Balaban J connectivity index is 1.87. The molecule has 0 saturated carbocycles. The molecule has 6 nitrogen and oxygen atoms in total. The number of carbonyl (C=O) groups excluding carboxylic acids is 1. The molecule has 1 fully saturated rings. The van der Waals surface area contributed by atoms with E-state index >= 15 is 0 Å². The first kappa shape index (κ1) is 19.7. The average Bonchev–Trinajstić information content (AvgIpc) is 2.62. The normalized spacial score (nSPS) is 16.6. The maximum atomic E-state index is 12.7. The molecule has 0 bridgehead atoms. The summed E-state index contributed by atoms with van der Waals surface area (Å²) in [6.07, 6.45) is 4.91. The number of hydrogen-bond acceptors (Lipinski definition) is 4. The second-order valence-electron chi connectivity index (χ2n) is 6.38. The van der Waals surface area contributed by atoms with Crippen molar-refractivity contribution in [1.29, 1.82) is 0 Å². The smallest absolute Gasteiger partial charge is 0.243 e. The molecule has 2 rings (SSSR count). The summed E-state index contributed by atoms with van der Waals surface area (Å²) in [6.45, 7) is 2.96. The van der Waals surface area contributed by atoms with Crippen LogP contribution in [0.2, 0.25) is 0 Å². The fourth-order valence-electron chi connectivity index (χ4n) is 2.97. The van der Waals surface area contributed by atoms with Crippen molar-refractivity contribution in [2.24, 2.45) is 0 Å². The number of hydrogen-bond donors (Lipinski definition) is 1. The Morgan fingerprint density at radius 3 is 2.40 bits per heavy atom. The second kappa shape index (κ2) is 9.20. The number of ether oxygens (including phenoxy) is 1. The number of amides is 1. The van der Waals surface area contributed by atoms with Gasteiger partial charge >= 0.3 is 0 Å². The van der Waals surface area contributed by atoms with Crippen molar-refractivity contribution >= 4 is 15.9 Å². The maximum absolute atomic E-state index is 12.7. The molecule has 1 aliphatic heterocycles. The molecular formula is C18H28N2O4S. The molecule has 0 aromatic heterocycles. The predicted molar refractivity (Wildman–Crippen MR) is 97.1 cm³/mol. The molecule has 1 aliphatic rings. The third kappa shape index (κ3) is 5.44. The summed E-state index contributed by atoms with van der Waals surface area (Å²) in [4.78, 5) is 12.2. The summed E-state index contributed by atoms with van der Waals surface area (Å²) in [5, 5.41) is 3.03. The number of benzene rings is 1. The number of carbonyl (C=O) groups is 1. The molecule has 1 saturated heterocycles. The molecule has 0 radical (unpaired) electrons. The highest BCUT2D eigenvalue weighted by molar-refractivity contribution is 7.89. The molecule has 1 heterocycles. The summed E-state index contributed by atoms with van der Waals surface area (Å²) < 4.78 is 31.9. The Kier molecular flexibility index (Phi) is 7.25. The lowest BCUT2D eigenvalue weighted by atomic mass is 10.1. The van der Waals surface area contributed by atoms with E-state index in [1.165, 1.54) is 4.31 Å². The van der Waals surface area contributed by atoms with E-state index in [1.54, 1.807) is 31.4 Å². The number of rotatable bonds is 8.